The van der Waals surface area contributed by atoms with Gasteiger partial charge in [0.1, 0.15) is 18.2 Å². The lowest BCUT2D eigenvalue weighted by atomic mass is 10.2. The van der Waals surface area contributed by atoms with Crippen molar-refractivity contribution in [3.8, 4) is 11.8 Å². The number of pyridine rings is 1. The molecule has 0 saturated heterocycles. The number of para-hydroxylation sites is 2. The maximum Gasteiger partial charge on any atom is 0.131 e. The van der Waals surface area contributed by atoms with E-state index in [0.717, 1.165) is 23.3 Å². The van der Waals surface area contributed by atoms with E-state index < -0.39 is 6.67 Å². The minimum absolute atomic E-state index is 0.419. The summed E-state index contributed by atoms with van der Waals surface area (Å²) in [6.07, 6.45) is 1.47. The molecule has 0 fully saturated rings. The standard InChI is InChI=1S/C18H16FN3/c1-22-17-11-4-3-10-16(17)21-18(22)12-5-2-7-14-8-6-9-15(13-19)20-14/h3-4,6,8-11H,5,12-13H2,1H3. The van der Waals surface area contributed by atoms with Gasteiger partial charge in [0.2, 0.25) is 0 Å². The Kier molecular flexibility index (Phi) is 4.15. The second-order valence-corrected chi connectivity index (χ2v) is 5.03. The van der Waals surface area contributed by atoms with Crippen LogP contribution in [0.25, 0.3) is 11.0 Å². The third kappa shape index (κ3) is 2.99. The van der Waals surface area contributed by atoms with Crippen molar-refractivity contribution in [1.29, 1.82) is 0 Å². The van der Waals surface area contributed by atoms with E-state index in [-0.39, 0.29) is 0 Å². The van der Waals surface area contributed by atoms with Crippen molar-refractivity contribution >= 4 is 11.0 Å². The van der Waals surface area contributed by atoms with Crippen molar-refractivity contribution in [3.05, 3.63) is 59.7 Å². The van der Waals surface area contributed by atoms with Gasteiger partial charge in [-0.15, -0.1) is 0 Å². The van der Waals surface area contributed by atoms with Crippen LogP contribution >= 0.6 is 0 Å². The third-order valence-electron chi connectivity index (χ3n) is 3.51. The molecule has 0 saturated carbocycles. The van der Waals surface area contributed by atoms with Crippen LogP contribution in [0.4, 0.5) is 4.39 Å². The number of hydrogen-bond acceptors (Lipinski definition) is 2. The van der Waals surface area contributed by atoms with Crippen molar-refractivity contribution in [2.24, 2.45) is 7.05 Å². The lowest BCUT2D eigenvalue weighted by Gasteiger charge is -1.99. The Morgan fingerprint density at radius 1 is 1.09 bits per heavy atom. The second kappa shape index (κ2) is 6.40. The van der Waals surface area contributed by atoms with Crippen LogP contribution < -0.4 is 0 Å². The van der Waals surface area contributed by atoms with E-state index in [1.165, 1.54) is 0 Å². The van der Waals surface area contributed by atoms with E-state index >= 15 is 0 Å². The van der Waals surface area contributed by atoms with Gasteiger partial charge < -0.3 is 4.57 Å². The van der Waals surface area contributed by atoms with E-state index in [1.807, 2.05) is 25.2 Å². The van der Waals surface area contributed by atoms with Crippen LogP contribution in [0.3, 0.4) is 0 Å². The molecule has 0 aliphatic rings. The molecule has 110 valence electrons. The number of aryl methyl sites for hydroxylation is 2. The SMILES string of the molecule is Cn1c(CCC#Cc2cccc(CF)n2)nc2ccccc21. The van der Waals surface area contributed by atoms with E-state index in [4.69, 9.17) is 0 Å². The number of alkyl halides is 1. The molecule has 22 heavy (non-hydrogen) atoms. The van der Waals surface area contributed by atoms with Gasteiger partial charge in [-0.05, 0) is 30.2 Å². The predicted molar refractivity (Wildman–Crippen MR) is 85.0 cm³/mol. The minimum Gasteiger partial charge on any atom is -0.331 e. The topological polar surface area (TPSA) is 30.7 Å². The highest BCUT2D eigenvalue weighted by Gasteiger charge is 2.05. The average Bonchev–Trinajstić information content (AvgIpc) is 2.88. The van der Waals surface area contributed by atoms with Gasteiger partial charge in [-0.1, -0.05) is 24.1 Å². The Morgan fingerprint density at radius 3 is 2.77 bits per heavy atom. The average molecular weight is 293 g/mol. The molecule has 0 aliphatic carbocycles. The number of fused-ring (bicyclic) bond motifs is 1. The van der Waals surface area contributed by atoms with Gasteiger partial charge in [-0.2, -0.15) is 0 Å². The molecular formula is C18H16FN3. The molecule has 0 spiro atoms. The number of imidazole rings is 1. The van der Waals surface area contributed by atoms with E-state index in [2.05, 4.69) is 32.4 Å². The first kappa shape index (κ1) is 14.3. The van der Waals surface area contributed by atoms with Crippen LogP contribution in [0.15, 0.2) is 42.5 Å². The van der Waals surface area contributed by atoms with E-state index in [1.54, 1.807) is 18.2 Å². The summed E-state index contributed by atoms with van der Waals surface area (Å²) in [5.41, 5.74) is 3.16. The van der Waals surface area contributed by atoms with Crippen LogP contribution in [0.5, 0.6) is 0 Å². The lowest BCUT2D eigenvalue weighted by molar-refractivity contribution is 0.476. The van der Waals surface area contributed by atoms with Crippen molar-refractivity contribution < 1.29 is 4.39 Å². The number of rotatable bonds is 3. The first-order valence-corrected chi connectivity index (χ1v) is 7.19. The maximum absolute atomic E-state index is 12.5. The van der Waals surface area contributed by atoms with Gasteiger partial charge in [-0.25, -0.2) is 14.4 Å². The molecule has 3 aromatic rings. The number of aromatic nitrogens is 3. The molecule has 0 radical (unpaired) electrons. The fourth-order valence-corrected chi connectivity index (χ4v) is 2.37. The Balaban J connectivity index is 1.70. The van der Waals surface area contributed by atoms with Crippen LogP contribution in [-0.4, -0.2) is 14.5 Å². The lowest BCUT2D eigenvalue weighted by Crippen LogP contribution is -1.97. The maximum atomic E-state index is 12.5. The van der Waals surface area contributed by atoms with E-state index in [0.29, 0.717) is 17.8 Å². The zero-order valence-corrected chi connectivity index (χ0v) is 12.4. The molecule has 1 aromatic carbocycles. The first-order valence-electron chi connectivity index (χ1n) is 7.19. The Labute approximate surface area is 128 Å². The molecule has 2 aromatic heterocycles. The van der Waals surface area contributed by atoms with Gasteiger partial charge >= 0.3 is 0 Å². The molecule has 0 unspecified atom stereocenters. The van der Waals surface area contributed by atoms with Gasteiger partial charge in [-0.3, -0.25) is 0 Å². The van der Waals surface area contributed by atoms with Crippen LogP contribution in [-0.2, 0) is 20.1 Å². The summed E-state index contributed by atoms with van der Waals surface area (Å²) >= 11 is 0. The van der Waals surface area contributed by atoms with Crippen LogP contribution in [0.2, 0.25) is 0 Å². The number of hydrogen-bond donors (Lipinski definition) is 0. The highest BCUT2D eigenvalue weighted by Crippen LogP contribution is 2.15. The largest absolute Gasteiger partial charge is 0.331 e. The monoisotopic (exact) mass is 293 g/mol. The zero-order chi connectivity index (χ0) is 15.4. The molecule has 0 N–H and O–H groups in total. The summed E-state index contributed by atoms with van der Waals surface area (Å²) in [5, 5.41) is 0. The van der Waals surface area contributed by atoms with Crippen molar-refractivity contribution in [1.82, 2.24) is 14.5 Å². The summed E-state index contributed by atoms with van der Waals surface area (Å²) in [6.45, 7) is -0.560. The molecule has 3 nitrogen and oxygen atoms in total. The molecule has 2 heterocycles. The van der Waals surface area contributed by atoms with Crippen LogP contribution in [0.1, 0.15) is 23.6 Å². The quantitative estimate of drug-likeness (QED) is 0.693. The van der Waals surface area contributed by atoms with Crippen LogP contribution in [0, 0.1) is 11.8 Å². The fourth-order valence-electron chi connectivity index (χ4n) is 2.37. The summed E-state index contributed by atoms with van der Waals surface area (Å²) < 4.78 is 14.6. The first-order chi connectivity index (χ1) is 10.8. The Morgan fingerprint density at radius 2 is 1.95 bits per heavy atom. The summed E-state index contributed by atoms with van der Waals surface area (Å²) in [4.78, 5) is 8.73. The summed E-state index contributed by atoms with van der Waals surface area (Å²) in [7, 11) is 2.02. The van der Waals surface area contributed by atoms with Gasteiger partial charge in [0.25, 0.3) is 0 Å². The van der Waals surface area contributed by atoms with Crippen molar-refractivity contribution in [3.63, 3.8) is 0 Å². The molecule has 0 atom stereocenters. The van der Waals surface area contributed by atoms with Gasteiger partial charge in [0, 0.05) is 19.9 Å². The van der Waals surface area contributed by atoms with Gasteiger partial charge in [0.15, 0.2) is 0 Å². The molecule has 4 heteroatoms. The van der Waals surface area contributed by atoms with Crippen molar-refractivity contribution in [2.45, 2.75) is 19.5 Å². The van der Waals surface area contributed by atoms with Gasteiger partial charge in [0.05, 0.1) is 16.7 Å². The second-order valence-electron chi connectivity index (χ2n) is 5.03. The summed E-state index contributed by atoms with van der Waals surface area (Å²) in [5.74, 6) is 7.08. The molecule has 0 bridgehead atoms. The molecule has 0 amide bonds. The van der Waals surface area contributed by atoms with E-state index in [9.17, 15) is 4.39 Å². The fraction of sp³-hybridized carbons (Fsp3) is 0.222. The van der Waals surface area contributed by atoms with Crippen molar-refractivity contribution in [2.75, 3.05) is 0 Å². The predicted octanol–water partition coefficient (Wildman–Crippen LogP) is 3.42. The number of halogens is 1. The Hall–Kier alpha value is -2.67. The minimum atomic E-state index is -0.560. The molecule has 3 rings (SSSR count). The highest BCUT2D eigenvalue weighted by molar-refractivity contribution is 5.75. The highest BCUT2D eigenvalue weighted by atomic mass is 19.1. The molecule has 0 aliphatic heterocycles. The zero-order valence-electron chi connectivity index (χ0n) is 12.4. The Bertz CT molecular complexity index is 855. The number of benzene rings is 1. The normalized spacial score (nSPS) is 10.5. The smallest absolute Gasteiger partial charge is 0.131 e. The number of nitrogens with zero attached hydrogens (tertiary/aromatic N) is 3. The molecular weight excluding hydrogens is 277 g/mol. The third-order valence-corrected chi connectivity index (χ3v) is 3.51. The summed E-state index contributed by atoms with van der Waals surface area (Å²) in [6, 6.07) is 13.3.